The van der Waals surface area contributed by atoms with E-state index in [2.05, 4.69) is 35.4 Å². The number of nitrogens with one attached hydrogen (secondary N) is 1. The summed E-state index contributed by atoms with van der Waals surface area (Å²) in [5.41, 5.74) is 1.14. The summed E-state index contributed by atoms with van der Waals surface area (Å²) in [6.07, 6.45) is 3.38. The second kappa shape index (κ2) is 7.05. The van der Waals surface area contributed by atoms with Crippen molar-refractivity contribution < 1.29 is 8.42 Å². The molecule has 0 spiro atoms. The number of sulfonamides is 1. The average Bonchev–Trinajstić information content (AvgIpc) is 3.09. The van der Waals surface area contributed by atoms with Gasteiger partial charge in [0.1, 0.15) is 0 Å². The molecule has 3 rings (SSSR count). The summed E-state index contributed by atoms with van der Waals surface area (Å²) < 4.78 is 28.1. The predicted octanol–water partition coefficient (Wildman–Crippen LogP) is 3.39. The summed E-state index contributed by atoms with van der Waals surface area (Å²) in [5, 5.41) is 2.98. The third-order valence-electron chi connectivity index (χ3n) is 4.54. The summed E-state index contributed by atoms with van der Waals surface area (Å²) >= 11 is 1.62. The molecule has 1 saturated heterocycles. The van der Waals surface area contributed by atoms with Crippen LogP contribution in [-0.4, -0.2) is 32.5 Å². The fourth-order valence-electron chi connectivity index (χ4n) is 2.98. The standard InChI is InChI=1S/C18H25N3O2S2/c1-18(2,3)14-4-6-16(7-5-14)25(22,23)20-15-8-11-21(12-9-15)17-19-10-13-24-17/h4-7,10,13,15,20H,8-9,11-12H2,1-3H3. The highest BCUT2D eigenvalue weighted by molar-refractivity contribution is 7.89. The number of nitrogens with zero attached hydrogens (tertiary/aromatic N) is 2. The molecule has 1 aliphatic heterocycles. The Morgan fingerprint density at radius 3 is 2.32 bits per heavy atom. The van der Waals surface area contributed by atoms with Gasteiger partial charge in [0.25, 0.3) is 0 Å². The van der Waals surface area contributed by atoms with Crippen molar-refractivity contribution in [3.05, 3.63) is 41.4 Å². The van der Waals surface area contributed by atoms with Crippen molar-refractivity contribution >= 4 is 26.5 Å². The average molecular weight is 380 g/mol. The van der Waals surface area contributed by atoms with Gasteiger partial charge in [-0.1, -0.05) is 32.9 Å². The first-order chi connectivity index (χ1) is 11.8. The van der Waals surface area contributed by atoms with E-state index in [0.29, 0.717) is 4.90 Å². The number of benzene rings is 1. The van der Waals surface area contributed by atoms with Crippen LogP contribution in [0, 0.1) is 0 Å². The molecule has 5 nitrogen and oxygen atoms in total. The molecule has 136 valence electrons. The first-order valence-electron chi connectivity index (χ1n) is 8.53. The number of hydrogen-bond donors (Lipinski definition) is 1. The molecule has 0 aliphatic carbocycles. The minimum absolute atomic E-state index is 0.0123. The van der Waals surface area contributed by atoms with Crippen LogP contribution >= 0.6 is 11.3 Å². The zero-order valence-corrected chi connectivity index (χ0v) is 16.5. The first kappa shape index (κ1) is 18.4. The largest absolute Gasteiger partial charge is 0.348 e. The Morgan fingerprint density at radius 2 is 1.80 bits per heavy atom. The first-order valence-corrected chi connectivity index (χ1v) is 10.9. The molecular weight excluding hydrogens is 354 g/mol. The van der Waals surface area contributed by atoms with Crippen molar-refractivity contribution in [1.29, 1.82) is 0 Å². The van der Waals surface area contributed by atoms with Gasteiger partial charge in [-0.15, -0.1) is 11.3 Å². The number of thiazole rings is 1. The SMILES string of the molecule is CC(C)(C)c1ccc(S(=O)(=O)NC2CCN(c3nccs3)CC2)cc1. The van der Waals surface area contributed by atoms with Crippen LogP contribution < -0.4 is 9.62 Å². The topological polar surface area (TPSA) is 62.3 Å². The van der Waals surface area contributed by atoms with E-state index in [0.717, 1.165) is 36.6 Å². The van der Waals surface area contributed by atoms with Crippen LogP contribution in [0.25, 0.3) is 0 Å². The van der Waals surface area contributed by atoms with E-state index in [1.54, 1.807) is 29.7 Å². The molecular formula is C18H25N3O2S2. The smallest absolute Gasteiger partial charge is 0.240 e. The van der Waals surface area contributed by atoms with Crippen LogP contribution in [0.15, 0.2) is 40.7 Å². The van der Waals surface area contributed by atoms with Crippen LogP contribution in [0.2, 0.25) is 0 Å². The molecule has 1 aromatic carbocycles. The fourth-order valence-corrected chi connectivity index (χ4v) is 4.98. The van der Waals surface area contributed by atoms with E-state index >= 15 is 0 Å². The molecule has 7 heteroatoms. The quantitative estimate of drug-likeness (QED) is 0.884. The minimum Gasteiger partial charge on any atom is -0.348 e. The lowest BCUT2D eigenvalue weighted by Gasteiger charge is -2.32. The number of piperidine rings is 1. The number of hydrogen-bond acceptors (Lipinski definition) is 5. The lowest BCUT2D eigenvalue weighted by atomic mass is 9.87. The second-order valence-corrected chi connectivity index (χ2v) is 10.1. The van der Waals surface area contributed by atoms with Crippen LogP contribution in [-0.2, 0) is 15.4 Å². The Hall–Kier alpha value is -1.44. The van der Waals surface area contributed by atoms with Crippen molar-refractivity contribution in [2.45, 2.75) is 50.0 Å². The second-order valence-electron chi connectivity index (χ2n) is 7.47. The van der Waals surface area contributed by atoms with Crippen molar-refractivity contribution in [2.24, 2.45) is 0 Å². The molecule has 0 atom stereocenters. The van der Waals surface area contributed by atoms with Gasteiger partial charge in [-0.3, -0.25) is 0 Å². The predicted molar refractivity (Wildman–Crippen MR) is 103 cm³/mol. The highest BCUT2D eigenvalue weighted by Gasteiger charge is 2.26. The Labute approximate surface area is 154 Å². The van der Waals surface area contributed by atoms with Crippen molar-refractivity contribution in [3.63, 3.8) is 0 Å². The van der Waals surface area contributed by atoms with E-state index in [1.165, 1.54) is 0 Å². The molecule has 2 heterocycles. The van der Waals surface area contributed by atoms with Gasteiger partial charge in [0.15, 0.2) is 5.13 Å². The highest BCUT2D eigenvalue weighted by atomic mass is 32.2. The van der Waals surface area contributed by atoms with Crippen molar-refractivity contribution in [3.8, 4) is 0 Å². The molecule has 0 saturated carbocycles. The third kappa shape index (κ3) is 4.40. The molecule has 1 N–H and O–H groups in total. The molecule has 2 aromatic rings. The Balaban J connectivity index is 1.62. The highest BCUT2D eigenvalue weighted by Crippen LogP contribution is 2.25. The molecule has 1 aliphatic rings. The summed E-state index contributed by atoms with van der Waals surface area (Å²) in [6, 6.07) is 7.18. The number of aromatic nitrogens is 1. The lowest BCUT2D eigenvalue weighted by molar-refractivity contribution is 0.460. The molecule has 1 aromatic heterocycles. The maximum atomic E-state index is 12.6. The summed E-state index contributed by atoms with van der Waals surface area (Å²) in [5.74, 6) is 0. The van der Waals surface area contributed by atoms with Gasteiger partial charge in [-0.25, -0.2) is 18.1 Å². The molecule has 25 heavy (non-hydrogen) atoms. The van der Waals surface area contributed by atoms with Gasteiger partial charge in [0.2, 0.25) is 10.0 Å². The monoisotopic (exact) mass is 379 g/mol. The number of rotatable bonds is 4. The van der Waals surface area contributed by atoms with E-state index in [1.807, 2.05) is 17.5 Å². The van der Waals surface area contributed by atoms with Gasteiger partial charge < -0.3 is 4.90 Å². The summed E-state index contributed by atoms with van der Waals surface area (Å²) in [6.45, 7) is 7.99. The molecule has 0 amide bonds. The van der Waals surface area contributed by atoms with Crippen LogP contribution in [0.3, 0.4) is 0 Å². The van der Waals surface area contributed by atoms with Gasteiger partial charge in [0, 0.05) is 30.7 Å². The van der Waals surface area contributed by atoms with E-state index in [9.17, 15) is 8.42 Å². The summed E-state index contributed by atoms with van der Waals surface area (Å²) in [7, 11) is -3.47. The van der Waals surface area contributed by atoms with Crippen molar-refractivity contribution in [1.82, 2.24) is 9.71 Å². The Kier molecular flexibility index (Phi) is 5.18. The van der Waals surface area contributed by atoms with Gasteiger partial charge in [-0.2, -0.15) is 0 Å². The molecule has 1 fully saturated rings. The van der Waals surface area contributed by atoms with E-state index < -0.39 is 10.0 Å². The zero-order valence-electron chi connectivity index (χ0n) is 14.9. The van der Waals surface area contributed by atoms with Crippen LogP contribution in [0.4, 0.5) is 5.13 Å². The third-order valence-corrected chi connectivity index (χ3v) is 6.91. The van der Waals surface area contributed by atoms with Crippen LogP contribution in [0.5, 0.6) is 0 Å². The molecule has 0 unspecified atom stereocenters. The van der Waals surface area contributed by atoms with Crippen LogP contribution in [0.1, 0.15) is 39.2 Å². The Bertz CT molecular complexity index is 786. The fraction of sp³-hybridized carbons (Fsp3) is 0.500. The maximum Gasteiger partial charge on any atom is 0.240 e. The van der Waals surface area contributed by atoms with E-state index in [4.69, 9.17) is 0 Å². The molecule has 0 radical (unpaired) electrons. The number of anilines is 1. The van der Waals surface area contributed by atoms with Gasteiger partial charge in [-0.05, 0) is 36.0 Å². The lowest BCUT2D eigenvalue weighted by Crippen LogP contribution is -2.44. The van der Waals surface area contributed by atoms with Crippen molar-refractivity contribution in [2.75, 3.05) is 18.0 Å². The Morgan fingerprint density at radius 1 is 1.16 bits per heavy atom. The minimum atomic E-state index is -3.47. The maximum absolute atomic E-state index is 12.6. The molecule has 0 bridgehead atoms. The van der Waals surface area contributed by atoms with E-state index in [-0.39, 0.29) is 11.5 Å². The van der Waals surface area contributed by atoms with Gasteiger partial charge in [0.05, 0.1) is 4.90 Å². The zero-order chi connectivity index (χ0) is 18.1. The summed E-state index contributed by atoms with van der Waals surface area (Å²) in [4.78, 5) is 6.87. The normalized spacial score (nSPS) is 17.0. The van der Waals surface area contributed by atoms with Gasteiger partial charge >= 0.3 is 0 Å².